The summed E-state index contributed by atoms with van der Waals surface area (Å²) < 4.78 is 26.3. The van der Waals surface area contributed by atoms with E-state index in [2.05, 4.69) is 31.9 Å². The van der Waals surface area contributed by atoms with Crippen molar-refractivity contribution in [3.63, 3.8) is 0 Å². The summed E-state index contributed by atoms with van der Waals surface area (Å²) in [6, 6.07) is 16.0. The van der Waals surface area contributed by atoms with Crippen molar-refractivity contribution in [2.24, 2.45) is 0 Å². The highest BCUT2D eigenvalue weighted by atomic mass is 19.1. The molecule has 8 nitrogen and oxygen atoms in total. The van der Waals surface area contributed by atoms with E-state index >= 15 is 0 Å². The molecule has 2 aliphatic heterocycles. The predicted molar refractivity (Wildman–Crippen MR) is 143 cm³/mol. The van der Waals surface area contributed by atoms with E-state index in [0.717, 1.165) is 72.7 Å². The quantitative estimate of drug-likeness (QED) is 0.340. The Labute approximate surface area is 220 Å². The number of anilines is 1. The van der Waals surface area contributed by atoms with Gasteiger partial charge in [-0.05, 0) is 49.2 Å². The standard InChI is InChI=1S/C29H30FN5O3/c1-2-37-29(36)27-26-18-38-28-20(5-3-8-25(28)35(26)19-31-27)11-12-33-13-15-34(16-14-33)24-7-4-6-23-22(24)10-9-21(17-30)32-23/h3-10,19H,2,11-18H2,1H3. The van der Waals surface area contributed by atoms with Crippen molar-refractivity contribution in [2.45, 2.75) is 26.6 Å². The molecule has 0 radical (unpaired) electrons. The number of carbonyl (C=O) groups is 1. The average Bonchev–Trinajstić information content (AvgIpc) is 3.41. The first kappa shape index (κ1) is 24.4. The van der Waals surface area contributed by atoms with Crippen LogP contribution in [0.2, 0.25) is 0 Å². The number of piperazine rings is 1. The Morgan fingerprint density at radius 2 is 1.87 bits per heavy atom. The Morgan fingerprint density at radius 3 is 2.68 bits per heavy atom. The number of carbonyl (C=O) groups excluding carboxylic acids is 1. The van der Waals surface area contributed by atoms with E-state index in [4.69, 9.17) is 9.47 Å². The Bertz CT molecular complexity index is 1480. The van der Waals surface area contributed by atoms with Gasteiger partial charge in [0, 0.05) is 43.8 Å². The van der Waals surface area contributed by atoms with E-state index in [0.29, 0.717) is 23.7 Å². The molecular formula is C29H30FN5O3. The van der Waals surface area contributed by atoms with Gasteiger partial charge >= 0.3 is 5.97 Å². The number of ether oxygens (including phenoxy) is 2. The number of benzene rings is 2. The Hall–Kier alpha value is -3.98. The van der Waals surface area contributed by atoms with Crippen LogP contribution in [0, 0.1) is 0 Å². The first-order chi connectivity index (χ1) is 18.7. The molecule has 2 aromatic carbocycles. The van der Waals surface area contributed by atoms with Crippen molar-refractivity contribution in [3.8, 4) is 11.4 Å². The number of esters is 1. The second-order valence-corrected chi connectivity index (χ2v) is 9.54. The number of pyridine rings is 1. The topological polar surface area (TPSA) is 72.7 Å². The molecule has 0 aliphatic carbocycles. The zero-order valence-electron chi connectivity index (χ0n) is 21.4. The number of imidazole rings is 1. The molecule has 0 amide bonds. The van der Waals surface area contributed by atoms with Crippen molar-refractivity contribution in [3.05, 3.63) is 77.5 Å². The number of hydrogen-bond acceptors (Lipinski definition) is 7. The maximum atomic E-state index is 13.1. The van der Waals surface area contributed by atoms with Gasteiger partial charge in [0.15, 0.2) is 5.69 Å². The molecule has 4 aromatic rings. The van der Waals surface area contributed by atoms with E-state index in [1.165, 1.54) is 0 Å². The van der Waals surface area contributed by atoms with Crippen molar-refractivity contribution in [1.82, 2.24) is 19.4 Å². The van der Waals surface area contributed by atoms with Crippen LogP contribution >= 0.6 is 0 Å². The van der Waals surface area contributed by atoms with Gasteiger partial charge in [-0.25, -0.2) is 19.2 Å². The number of fused-ring (bicyclic) bond motifs is 4. The van der Waals surface area contributed by atoms with Gasteiger partial charge in [0.05, 0.1) is 29.2 Å². The monoisotopic (exact) mass is 515 g/mol. The Balaban J connectivity index is 1.12. The second kappa shape index (κ2) is 10.4. The summed E-state index contributed by atoms with van der Waals surface area (Å²) in [5.41, 5.74) is 5.53. The smallest absolute Gasteiger partial charge is 0.358 e. The first-order valence-electron chi connectivity index (χ1n) is 13.1. The van der Waals surface area contributed by atoms with Crippen molar-refractivity contribution in [1.29, 1.82) is 0 Å². The summed E-state index contributed by atoms with van der Waals surface area (Å²) >= 11 is 0. The lowest BCUT2D eigenvalue weighted by molar-refractivity contribution is 0.0516. The fourth-order valence-electron chi connectivity index (χ4n) is 5.38. The van der Waals surface area contributed by atoms with Crippen LogP contribution in [-0.4, -0.2) is 64.7 Å². The minimum atomic E-state index is -0.549. The van der Waals surface area contributed by atoms with Crippen LogP contribution in [0.4, 0.5) is 10.1 Å². The number of nitrogens with zero attached hydrogens (tertiary/aromatic N) is 5. The number of halogens is 1. The fourth-order valence-corrected chi connectivity index (χ4v) is 5.38. The Morgan fingerprint density at radius 1 is 1.05 bits per heavy atom. The number of alkyl halides is 1. The molecule has 0 N–H and O–H groups in total. The number of hydrogen-bond donors (Lipinski definition) is 0. The second-order valence-electron chi connectivity index (χ2n) is 9.54. The molecular weight excluding hydrogens is 485 g/mol. The SMILES string of the molecule is CCOC(=O)c1ncn2c1COc1c(CCN3CCN(c4cccc5nc(CF)ccc45)CC3)cccc1-2. The van der Waals surface area contributed by atoms with Gasteiger partial charge in [-0.2, -0.15) is 0 Å². The number of para-hydroxylation sites is 1. The van der Waals surface area contributed by atoms with Crippen LogP contribution in [0.3, 0.4) is 0 Å². The summed E-state index contributed by atoms with van der Waals surface area (Å²) in [6.07, 6.45) is 2.54. The molecule has 0 unspecified atom stereocenters. The summed E-state index contributed by atoms with van der Waals surface area (Å²) in [6.45, 7) is 6.50. The lowest BCUT2D eigenvalue weighted by Crippen LogP contribution is -2.47. The van der Waals surface area contributed by atoms with Crippen LogP contribution in [0.1, 0.15) is 34.4 Å². The minimum absolute atomic E-state index is 0.281. The molecule has 38 heavy (non-hydrogen) atoms. The predicted octanol–water partition coefficient (Wildman–Crippen LogP) is 4.32. The third kappa shape index (κ3) is 4.47. The van der Waals surface area contributed by atoms with E-state index in [1.807, 2.05) is 34.9 Å². The molecule has 4 heterocycles. The zero-order chi connectivity index (χ0) is 26.1. The van der Waals surface area contributed by atoms with E-state index < -0.39 is 12.6 Å². The zero-order valence-corrected chi connectivity index (χ0v) is 21.4. The fraction of sp³-hybridized carbons (Fsp3) is 0.345. The van der Waals surface area contributed by atoms with E-state index in [-0.39, 0.29) is 6.61 Å². The van der Waals surface area contributed by atoms with E-state index in [1.54, 1.807) is 19.3 Å². The van der Waals surface area contributed by atoms with Gasteiger partial charge in [0.1, 0.15) is 25.4 Å². The Kier molecular flexibility index (Phi) is 6.68. The molecule has 2 aromatic heterocycles. The van der Waals surface area contributed by atoms with Gasteiger partial charge < -0.3 is 14.4 Å². The molecule has 196 valence electrons. The summed E-state index contributed by atoms with van der Waals surface area (Å²) in [7, 11) is 0. The minimum Gasteiger partial charge on any atom is -0.485 e. The van der Waals surface area contributed by atoms with E-state index in [9.17, 15) is 9.18 Å². The summed E-state index contributed by atoms with van der Waals surface area (Å²) in [5, 5.41) is 1.07. The van der Waals surface area contributed by atoms with Crippen LogP contribution in [0.15, 0.2) is 54.9 Å². The highest BCUT2D eigenvalue weighted by molar-refractivity contribution is 5.92. The number of rotatable bonds is 7. The molecule has 9 heteroatoms. The van der Waals surface area contributed by atoms with Crippen molar-refractivity contribution < 1.29 is 18.7 Å². The summed E-state index contributed by atoms with van der Waals surface area (Å²) in [4.78, 5) is 25.9. The molecule has 0 spiro atoms. The molecule has 2 aliphatic rings. The maximum Gasteiger partial charge on any atom is 0.358 e. The highest BCUT2D eigenvalue weighted by Crippen LogP contribution is 2.35. The van der Waals surface area contributed by atoms with Crippen LogP contribution in [-0.2, 0) is 24.4 Å². The van der Waals surface area contributed by atoms with Crippen LogP contribution < -0.4 is 9.64 Å². The maximum absolute atomic E-state index is 13.1. The average molecular weight is 516 g/mol. The van der Waals surface area contributed by atoms with Gasteiger partial charge in [0.25, 0.3) is 0 Å². The highest BCUT2D eigenvalue weighted by Gasteiger charge is 2.27. The molecule has 1 saturated heterocycles. The number of aromatic nitrogens is 3. The van der Waals surface area contributed by atoms with Crippen LogP contribution in [0.25, 0.3) is 16.6 Å². The molecule has 0 saturated carbocycles. The lowest BCUT2D eigenvalue weighted by Gasteiger charge is -2.36. The van der Waals surface area contributed by atoms with Crippen molar-refractivity contribution >= 4 is 22.6 Å². The molecule has 0 bridgehead atoms. The van der Waals surface area contributed by atoms with Gasteiger partial charge in [-0.15, -0.1) is 0 Å². The molecule has 1 fully saturated rings. The summed E-state index contributed by atoms with van der Waals surface area (Å²) in [5.74, 6) is 0.426. The lowest BCUT2D eigenvalue weighted by atomic mass is 10.1. The molecule has 6 rings (SSSR count). The van der Waals surface area contributed by atoms with Crippen molar-refractivity contribution in [2.75, 3.05) is 44.2 Å². The normalized spacial score (nSPS) is 15.2. The van der Waals surface area contributed by atoms with Gasteiger partial charge in [0.2, 0.25) is 0 Å². The van der Waals surface area contributed by atoms with Gasteiger partial charge in [-0.1, -0.05) is 18.2 Å². The first-order valence-corrected chi connectivity index (χ1v) is 13.1. The molecule has 0 atom stereocenters. The third-order valence-electron chi connectivity index (χ3n) is 7.34. The van der Waals surface area contributed by atoms with Gasteiger partial charge in [-0.3, -0.25) is 9.47 Å². The third-order valence-corrected chi connectivity index (χ3v) is 7.34. The van der Waals surface area contributed by atoms with Crippen LogP contribution in [0.5, 0.6) is 5.75 Å². The largest absolute Gasteiger partial charge is 0.485 e.